The number of H-pyrrole nitrogens is 1. The number of rotatable bonds is 7. The van der Waals surface area contributed by atoms with Crippen molar-refractivity contribution >= 4 is 22.5 Å². The van der Waals surface area contributed by atoms with Gasteiger partial charge in [-0.05, 0) is 81.5 Å². The van der Waals surface area contributed by atoms with Crippen molar-refractivity contribution in [1.29, 1.82) is 0 Å². The number of nitrogens with zero attached hydrogens (tertiary/aromatic N) is 5. The Bertz CT molecular complexity index is 1310. The Morgan fingerprint density at radius 1 is 1.09 bits per heavy atom. The maximum absolute atomic E-state index is 13.1. The molecule has 1 aromatic carbocycles. The van der Waals surface area contributed by atoms with E-state index in [1.165, 1.54) is 12.8 Å². The van der Waals surface area contributed by atoms with Gasteiger partial charge in [-0.25, -0.2) is 0 Å². The van der Waals surface area contributed by atoms with E-state index in [9.17, 15) is 4.79 Å². The average molecular weight is 456 g/mol. The van der Waals surface area contributed by atoms with Crippen LogP contribution in [0.25, 0.3) is 22.0 Å². The first-order valence-corrected chi connectivity index (χ1v) is 11.6. The van der Waals surface area contributed by atoms with E-state index in [-0.39, 0.29) is 5.91 Å². The first-order chi connectivity index (χ1) is 16.5. The van der Waals surface area contributed by atoms with E-state index in [1.54, 1.807) is 6.20 Å². The van der Waals surface area contributed by atoms with Crippen LogP contribution in [0.15, 0.2) is 55.0 Å². The number of aromatic amines is 1. The summed E-state index contributed by atoms with van der Waals surface area (Å²) in [6, 6.07) is 11.9. The van der Waals surface area contributed by atoms with Crippen LogP contribution in [0.4, 0.5) is 5.69 Å². The van der Waals surface area contributed by atoms with Crippen LogP contribution >= 0.6 is 0 Å². The number of nitrogens with one attached hydrogen (secondary N) is 2. The minimum absolute atomic E-state index is 0.249. The van der Waals surface area contributed by atoms with Crippen LogP contribution in [-0.2, 0) is 13.1 Å². The quantitative estimate of drug-likeness (QED) is 0.439. The minimum atomic E-state index is -0.249. The van der Waals surface area contributed by atoms with Crippen LogP contribution in [0.2, 0.25) is 0 Å². The number of anilines is 1. The summed E-state index contributed by atoms with van der Waals surface area (Å²) in [7, 11) is 4.07. The molecular formula is C26H29N7O. The summed E-state index contributed by atoms with van der Waals surface area (Å²) >= 11 is 0. The second kappa shape index (κ2) is 9.70. The van der Waals surface area contributed by atoms with Gasteiger partial charge in [-0.2, -0.15) is 5.10 Å². The lowest BCUT2D eigenvalue weighted by molar-refractivity contribution is 0.102. The Kier molecular flexibility index (Phi) is 6.33. The lowest BCUT2D eigenvalue weighted by atomic mass is 10.0. The molecule has 2 N–H and O–H groups in total. The zero-order valence-electron chi connectivity index (χ0n) is 19.6. The molecule has 0 saturated carbocycles. The van der Waals surface area contributed by atoms with E-state index in [0.29, 0.717) is 5.69 Å². The molecule has 174 valence electrons. The first kappa shape index (κ1) is 22.2. The van der Waals surface area contributed by atoms with Gasteiger partial charge in [0.1, 0.15) is 0 Å². The molecular weight excluding hydrogens is 426 g/mol. The highest BCUT2D eigenvalue weighted by molar-refractivity contribution is 6.11. The maximum Gasteiger partial charge on any atom is 0.276 e. The average Bonchev–Trinajstić information content (AvgIpc) is 3.48. The van der Waals surface area contributed by atoms with E-state index >= 15 is 0 Å². The van der Waals surface area contributed by atoms with Crippen molar-refractivity contribution in [3.05, 3.63) is 71.9 Å². The van der Waals surface area contributed by atoms with Crippen LogP contribution in [-0.4, -0.2) is 63.1 Å². The lowest BCUT2D eigenvalue weighted by Gasteiger charge is -2.14. The van der Waals surface area contributed by atoms with Crippen LogP contribution in [0.3, 0.4) is 0 Å². The Morgan fingerprint density at radius 3 is 2.76 bits per heavy atom. The predicted molar refractivity (Wildman–Crippen MR) is 133 cm³/mol. The van der Waals surface area contributed by atoms with Gasteiger partial charge in [-0.1, -0.05) is 6.07 Å². The Labute approximate surface area is 199 Å². The van der Waals surface area contributed by atoms with Gasteiger partial charge in [0, 0.05) is 48.3 Å². The summed E-state index contributed by atoms with van der Waals surface area (Å²) in [4.78, 5) is 26.5. The molecule has 0 bridgehead atoms. The summed E-state index contributed by atoms with van der Waals surface area (Å²) in [6.07, 6.45) is 7.95. The third-order valence-electron chi connectivity index (χ3n) is 6.06. The van der Waals surface area contributed by atoms with Crippen molar-refractivity contribution in [2.75, 3.05) is 32.5 Å². The minimum Gasteiger partial charge on any atom is -0.320 e. The third-order valence-corrected chi connectivity index (χ3v) is 6.06. The molecule has 0 unspecified atom stereocenters. The molecule has 1 saturated heterocycles. The molecule has 8 heteroatoms. The van der Waals surface area contributed by atoms with Gasteiger partial charge < -0.3 is 10.2 Å². The zero-order valence-corrected chi connectivity index (χ0v) is 19.6. The molecule has 4 heterocycles. The van der Waals surface area contributed by atoms with Crippen molar-refractivity contribution in [3.63, 3.8) is 0 Å². The second-order valence-corrected chi connectivity index (χ2v) is 9.13. The van der Waals surface area contributed by atoms with Crippen LogP contribution < -0.4 is 5.32 Å². The van der Waals surface area contributed by atoms with Gasteiger partial charge >= 0.3 is 0 Å². The van der Waals surface area contributed by atoms with Gasteiger partial charge in [0.25, 0.3) is 5.91 Å². The lowest BCUT2D eigenvalue weighted by Crippen LogP contribution is -2.19. The molecule has 0 spiro atoms. The van der Waals surface area contributed by atoms with Crippen molar-refractivity contribution in [2.45, 2.75) is 25.9 Å². The van der Waals surface area contributed by atoms with Crippen molar-refractivity contribution in [1.82, 2.24) is 30.0 Å². The van der Waals surface area contributed by atoms with Crippen molar-refractivity contribution in [2.24, 2.45) is 0 Å². The number of pyridine rings is 2. The largest absolute Gasteiger partial charge is 0.320 e. The summed E-state index contributed by atoms with van der Waals surface area (Å²) in [5, 5.41) is 11.1. The molecule has 0 atom stereocenters. The highest BCUT2D eigenvalue weighted by Crippen LogP contribution is 2.26. The maximum atomic E-state index is 13.1. The zero-order chi connectivity index (χ0) is 23.5. The van der Waals surface area contributed by atoms with E-state index in [4.69, 9.17) is 0 Å². The highest BCUT2D eigenvalue weighted by Gasteiger charge is 2.17. The highest BCUT2D eigenvalue weighted by atomic mass is 16.1. The molecule has 4 aromatic rings. The number of fused-ring (bicyclic) bond motifs is 1. The summed E-state index contributed by atoms with van der Waals surface area (Å²) in [5.74, 6) is -0.249. The molecule has 0 aliphatic carbocycles. The molecule has 8 nitrogen and oxygen atoms in total. The van der Waals surface area contributed by atoms with E-state index < -0.39 is 0 Å². The summed E-state index contributed by atoms with van der Waals surface area (Å²) in [5.41, 5.74) is 6.00. The normalized spacial score (nSPS) is 14.2. The molecule has 1 aliphatic heterocycles. The van der Waals surface area contributed by atoms with Crippen molar-refractivity contribution < 1.29 is 4.79 Å². The SMILES string of the molecule is CN(C)Cc1cncc(-c2ccc3[nH]nc(C(=O)Nc4ccnc(CN5CCCC5)c4)c3c2)c1. The molecule has 3 aromatic heterocycles. The van der Waals surface area contributed by atoms with Gasteiger partial charge in [0.2, 0.25) is 0 Å². The second-order valence-electron chi connectivity index (χ2n) is 9.13. The van der Waals surface area contributed by atoms with Crippen LogP contribution in [0.1, 0.15) is 34.6 Å². The first-order valence-electron chi connectivity index (χ1n) is 11.6. The fourth-order valence-electron chi connectivity index (χ4n) is 4.47. The van der Waals surface area contributed by atoms with Gasteiger partial charge in [0.15, 0.2) is 5.69 Å². The standard InChI is InChI=1S/C26H29N7O/c1-32(2)16-18-11-20(15-27-14-18)19-5-6-24-23(12-19)25(31-30-24)26(34)29-21-7-8-28-22(13-21)17-33-9-3-4-10-33/h5-8,11-15H,3-4,9-10,16-17H2,1-2H3,(H,30,31)(H,28,29,34). The molecule has 1 fully saturated rings. The molecule has 1 aliphatic rings. The van der Waals surface area contributed by atoms with Gasteiger partial charge in [0.05, 0.1) is 11.2 Å². The molecule has 34 heavy (non-hydrogen) atoms. The number of hydrogen-bond acceptors (Lipinski definition) is 6. The van der Waals surface area contributed by atoms with Gasteiger partial charge in [-0.3, -0.25) is 24.8 Å². The summed E-state index contributed by atoms with van der Waals surface area (Å²) in [6.45, 7) is 3.83. The third kappa shape index (κ3) is 4.98. The number of carbonyl (C=O) groups excluding carboxylic acids is 1. The van der Waals surface area contributed by atoms with Crippen molar-refractivity contribution in [3.8, 4) is 11.1 Å². The van der Waals surface area contributed by atoms with Crippen LogP contribution in [0, 0.1) is 0 Å². The number of carbonyl (C=O) groups is 1. The molecule has 1 amide bonds. The number of aromatic nitrogens is 4. The number of benzene rings is 1. The summed E-state index contributed by atoms with van der Waals surface area (Å²) < 4.78 is 0. The van der Waals surface area contributed by atoms with Gasteiger partial charge in [-0.15, -0.1) is 0 Å². The molecule has 0 radical (unpaired) electrons. The predicted octanol–water partition coefficient (Wildman–Crippen LogP) is 3.93. The fourth-order valence-corrected chi connectivity index (χ4v) is 4.47. The topological polar surface area (TPSA) is 90.0 Å². The Hall–Kier alpha value is -3.62. The Morgan fingerprint density at radius 2 is 1.94 bits per heavy atom. The monoisotopic (exact) mass is 455 g/mol. The number of likely N-dealkylation sites (tertiary alicyclic amines) is 1. The van der Waals surface area contributed by atoms with E-state index in [1.807, 2.05) is 56.8 Å². The Balaban J connectivity index is 1.37. The van der Waals surface area contributed by atoms with Crippen LogP contribution in [0.5, 0.6) is 0 Å². The molecule has 5 rings (SSSR count). The number of hydrogen-bond donors (Lipinski definition) is 2. The van der Waals surface area contributed by atoms with E-state index in [0.717, 1.165) is 65.2 Å². The fraction of sp³-hybridized carbons (Fsp3) is 0.308. The smallest absolute Gasteiger partial charge is 0.276 e. The number of amides is 1. The van der Waals surface area contributed by atoms with E-state index in [2.05, 4.69) is 41.3 Å².